The molecular formula is C26H24N2O8. The minimum absolute atomic E-state index is 0.000545. The molecule has 0 aliphatic heterocycles. The van der Waals surface area contributed by atoms with E-state index >= 15 is 0 Å². The van der Waals surface area contributed by atoms with Gasteiger partial charge in [-0.15, -0.1) is 0 Å². The van der Waals surface area contributed by atoms with Crippen molar-refractivity contribution >= 4 is 23.8 Å². The van der Waals surface area contributed by atoms with Crippen molar-refractivity contribution in [2.45, 2.75) is 24.9 Å². The van der Waals surface area contributed by atoms with E-state index in [0.717, 1.165) is 0 Å². The Bertz CT molecular complexity index is 1140. The van der Waals surface area contributed by atoms with Crippen LogP contribution in [0.4, 0.5) is 0 Å². The van der Waals surface area contributed by atoms with E-state index in [2.05, 4.69) is 10.6 Å². The van der Waals surface area contributed by atoms with Gasteiger partial charge in [-0.1, -0.05) is 24.3 Å². The molecule has 0 heterocycles. The molecule has 0 saturated carbocycles. The first-order valence-corrected chi connectivity index (χ1v) is 10.9. The summed E-state index contributed by atoms with van der Waals surface area (Å²) in [5, 5.41) is 42.5. The van der Waals surface area contributed by atoms with Gasteiger partial charge in [0.25, 0.3) is 11.8 Å². The number of phenols is 2. The smallest absolute Gasteiger partial charge is 0.326 e. The molecule has 2 atom stereocenters. The maximum atomic E-state index is 12.6. The SMILES string of the molecule is O=C(N[C@@H](Cc1ccc(O)cc1)C(=O)O)c1ccc(C(=O)N[C@@H](Cc2ccc(O)cc2)C(=O)O)cc1. The number of carbonyl (C=O) groups is 4. The van der Waals surface area contributed by atoms with E-state index in [1.807, 2.05) is 0 Å². The topological polar surface area (TPSA) is 173 Å². The molecule has 0 spiro atoms. The highest BCUT2D eigenvalue weighted by Crippen LogP contribution is 2.14. The van der Waals surface area contributed by atoms with Gasteiger partial charge in [-0.05, 0) is 59.7 Å². The number of aliphatic carboxylic acids is 2. The van der Waals surface area contributed by atoms with Gasteiger partial charge in [-0.25, -0.2) is 9.59 Å². The Morgan fingerprint density at radius 1 is 0.556 bits per heavy atom. The first-order valence-electron chi connectivity index (χ1n) is 10.9. The van der Waals surface area contributed by atoms with E-state index in [1.165, 1.54) is 48.5 Å². The molecule has 186 valence electrons. The molecule has 0 aliphatic rings. The van der Waals surface area contributed by atoms with Crippen LogP contribution in [0.15, 0.2) is 72.8 Å². The Labute approximate surface area is 205 Å². The predicted octanol–water partition coefficient (Wildman–Crippen LogP) is 1.95. The van der Waals surface area contributed by atoms with Gasteiger partial charge in [-0.2, -0.15) is 0 Å². The predicted molar refractivity (Wildman–Crippen MR) is 128 cm³/mol. The van der Waals surface area contributed by atoms with Crippen molar-refractivity contribution in [1.29, 1.82) is 0 Å². The summed E-state index contributed by atoms with van der Waals surface area (Å²) in [6.07, 6.45) is -0.00109. The van der Waals surface area contributed by atoms with E-state index in [-0.39, 0.29) is 35.5 Å². The second-order valence-electron chi connectivity index (χ2n) is 8.05. The third kappa shape index (κ3) is 7.07. The molecule has 10 nitrogen and oxygen atoms in total. The standard InChI is InChI=1S/C26H24N2O8/c29-19-9-1-15(2-10-19)13-21(25(33)34)27-23(31)17-5-7-18(8-6-17)24(32)28-22(26(35)36)14-16-3-11-20(30)12-4-16/h1-12,21-22,29-30H,13-14H2,(H,27,31)(H,28,32)(H,33,34)(H,35,36)/t21-,22-/m0/s1. The lowest BCUT2D eigenvalue weighted by atomic mass is 10.0. The second-order valence-corrected chi connectivity index (χ2v) is 8.05. The number of carbonyl (C=O) groups excluding carboxylic acids is 2. The molecule has 0 unspecified atom stereocenters. The van der Waals surface area contributed by atoms with Crippen LogP contribution in [-0.2, 0) is 22.4 Å². The van der Waals surface area contributed by atoms with Gasteiger partial charge in [0.15, 0.2) is 0 Å². The number of carboxylic acid groups (broad SMARTS) is 2. The highest BCUT2D eigenvalue weighted by Gasteiger charge is 2.23. The number of nitrogens with one attached hydrogen (secondary N) is 2. The number of amides is 2. The molecule has 3 rings (SSSR count). The van der Waals surface area contributed by atoms with Crippen molar-refractivity contribution in [2.75, 3.05) is 0 Å². The molecule has 0 radical (unpaired) electrons. The summed E-state index contributed by atoms with van der Waals surface area (Å²) in [5.41, 5.74) is 1.44. The largest absolute Gasteiger partial charge is 0.508 e. The van der Waals surface area contributed by atoms with Crippen molar-refractivity contribution in [3.05, 3.63) is 95.1 Å². The molecule has 2 amide bonds. The summed E-state index contributed by atoms with van der Waals surface area (Å²) in [4.78, 5) is 48.4. The summed E-state index contributed by atoms with van der Waals surface area (Å²) < 4.78 is 0. The van der Waals surface area contributed by atoms with Crippen molar-refractivity contribution in [1.82, 2.24) is 10.6 Å². The number of phenolic OH excluding ortho intramolecular Hbond substituents is 2. The highest BCUT2D eigenvalue weighted by molar-refractivity contribution is 6.00. The summed E-state index contributed by atoms with van der Waals surface area (Å²) >= 11 is 0. The van der Waals surface area contributed by atoms with Crippen LogP contribution in [0.25, 0.3) is 0 Å². The molecular weight excluding hydrogens is 468 g/mol. The van der Waals surface area contributed by atoms with Crippen molar-refractivity contribution in [2.24, 2.45) is 0 Å². The zero-order valence-electron chi connectivity index (χ0n) is 18.9. The first kappa shape index (κ1) is 25.8. The molecule has 36 heavy (non-hydrogen) atoms. The van der Waals surface area contributed by atoms with Crippen LogP contribution >= 0.6 is 0 Å². The quantitative estimate of drug-likeness (QED) is 0.249. The van der Waals surface area contributed by atoms with Gasteiger partial charge >= 0.3 is 11.9 Å². The maximum Gasteiger partial charge on any atom is 0.326 e. The van der Waals surface area contributed by atoms with Crippen molar-refractivity contribution < 1.29 is 39.6 Å². The lowest BCUT2D eigenvalue weighted by Gasteiger charge is -2.16. The van der Waals surface area contributed by atoms with Crippen LogP contribution in [0.5, 0.6) is 11.5 Å². The number of rotatable bonds is 10. The fourth-order valence-electron chi connectivity index (χ4n) is 3.39. The van der Waals surface area contributed by atoms with E-state index < -0.39 is 35.8 Å². The van der Waals surface area contributed by atoms with Crippen LogP contribution in [0.1, 0.15) is 31.8 Å². The second kappa shape index (κ2) is 11.5. The van der Waals surface area contributed by atoms with E-state index in [4.69, 9.17) is 0 Å². The third-order valence-corrected chi connectivity index (χ3v) is 5.37. The number of hydrogen-bond donors (Lipinski definition) is 6. The van der Waals surface area contributed by atoms with Gasteiger partial charge in [0.1, 0.15) is 23.6 Å². The number of aromatic hydroxyl groups is 2. The van der Waals surface area contributed by atoms with Crippen molar-refractivity contribution in [3.8, 4) is 11.5 Å². The van der Waals surface area contributed by atoms with E-state index in [9.17, 15) is 39.6 Å². The number of benzene rings is 3. The average molecular weight is 492 g/mol. The normalized spacial score (nSPS) is 12.2. The zero-order valence-corrected chi connectivity index (χ0v) is 18.9. The molecule has 0 aliphatic carbocycles. The van der Waals surface area contributed by atoms with Gasteiger partial charge in [0, 0.05) is 24.0 Å². The van der Waals surface area contributed by atoms with Crippen LogP contribution < -0.4 is 10.6 Å². The zero-order chi connectivity index (χ0) is 26.2. The summed E-state index contributed by atoms with van der Waals surface area (Å²) in [6.45, 7) is 0. The molecule has 3 aromatic rings. The summed E-state index contributed by atoms with van der Waals surface area (Å²) in [6, 6.07) is 14.8. The molecule has 3 aromatic carbocycles. The molecule has 10 heteroatoms. The van der Waals surface area contributed by atoms with Gasteiger partial charge in [0.2, 0.25) is 0 Å². The Kier molecular flexibility index (Phi) is 8.24. The lowest BCUT2D eigenvalue weighted by Crippen LogP contribution is -2.42. The van der Waals surface area contributed by atoms with Crippen LogP contribution in [0.2, 0.25) is 0 Å². The highest BCUT2D eigenvalue weighted by atomic mass is 16.4. The van der Waals surface area contributed by atoms with Gasteiger partial charge < -0.3 is 31.1 Å². The Balaban J connectivity index is 1.63. The fourth-order valence-corrected chi connectivity index (χ4v) is 3.39. The maximum absolute atomic E-state index is 12.6. The first-order chi connectivity index (χ1) is 17.1. The minimum atomic E-state index is -1.24. The average Bonchev–Trinajstić information content (AvgIpc) is 2.85. The molecule has 0 saturated heterocycles. The molecule has 0 fully saturated rings. The Morgan fingerprint density at radius 3 is 1.14 bits per heavy atom. The molecule has 6 N–H and O–H groups in total. The van der Waals surface area contributed by atoms with Crippen LogP contribution in [0.3, 0.4) is 0 Å². The fraction of sp³-hybridized carbons (Fsp3) is 0.154. The van der Waals surface area contributed by atoms with Crippen molar-refractivity contribution in [3.63, 3.8) is 0 Å². The molecule has 0 bridgehead atoms. The van der Waals surface area contributed by atoms with Crippen LogP contribution in [-0.4, -0.2) is 56.3 Å². The van der Waals surface area contributed by atoms with E-state index in [1.54, 1.807) is 24.3 Å². The number of carboxylic acids is 2. The van der Waals surface area contributed by atoms with Crippen LogP contribution in [0, 0.1) is 0 Å². The lowest BCUT2D eigenvalue weighted by molar-refractivity contribution is -0.140. The minimum Gasteiger partial charge on any atom is -0.508 e. The van der Waals surface area contributed by atoms with Gasteiger partial charge in [-0.3, -0.25) is 9.59 Å². The third-order valence-electron chi connectivity index (χ3n) is 5.37. The monoisotopic (exact) mass is 492 g/mol. The van der Waals surface area contributed by atoms with E-state index in [0.29, 0.717) is 11.1 Å². The Hall–Kier alpha value is -4.86. The summed E-state index contributed by atoms with van der Waals surface area (Å²) in [7, 11) is 0. The van der Waals surface area contributed by atoms with Gasteiger partial charge in [0.05, 0.1) is 0 Å². The molecule has 0 aromatic heterocycles. The number of hydrogen-bond acceptors (Lipinski definition) is 6. The Morgan fingerprint density at radius 2 is 0.861 bits per heavy atom. The summed E-state index contributed by atoms with van der Waals surface area (Å²) in [5.74, 6) is -3.73.